The first-order valence-corrected chi connectivity index (χ1v) is 4.46. The Morgan fingerprint density at radius 1 is 1.50 bits per heavy atom. The standard InChI is InChI=1S/C12H13NO/c1-10-6-7-11(5-3-4-8-13)12(9-10)14-2/h3,5-7,9H,4H2,1-2H3. The maximum atomic E-state index is 8.38. The topological polar surface area (TPSA) is 33.0 Å². The van der Waals surface area contributed by atoms with Crippen LogP contribution in [-0.2, 0) is 0 Å². The first-order chi connectivity index (χ1) is 6.77. The fourth-order valence-corrected chi connectivity index (χ4v) is 1.19. The smallest absolute Gasteiger partial charge is 0.126 e. The summed E-state index contributed by atoms with van der Waals surface area (Å²) in [6, 6.07) is 8.05. The monoisotopic (exact) mass is 187 g/mol. The Kier molecular flexibility index (Phi) is 3.75. The number of allylic oxidation sites excluding steroid dienone is 1. The fourth-order valence-electron chi connectivity index (χ4n) is 1.19. The lowest BCUT2D eigenvalue weighted by Crippen LogP contribution is -1.87. The van der Waals surface area contributed by atoms with E-state index >= 15 is 0 Å². The van der Waals surface area contributed by atoms with Crippen molar-refractivity contribution in [3.8, 4) is 11.8 Å². The van der Waals surface area contributed by atoms with Crippen LogP contribution in [0.3, 0.4) is 0 Å². The van der Waals surface area contributed by atoms with Crippen molar-refractivity contribution >= 4 is 6.08 Å². The van der Waals surface area contributed by atoms with E-state index in [1.165, 1.54) is 5.56 Å². The molecule has 0 aliphatic rings. The highest BCUT2D eigenvalue weighted by molar-refractivity contribution is 5.58. The van der Waals surface area contributed by atoms with Crippen LogP contribution < -0.4 is 4.74 Å². The molecule has 1 aromatic carbocycles. The van der Waals surface area contributed by atoms with Crippen LogP contribution in [0.15, 0.2) is 24.3 Å². The van der Waals surface area contributed by atoms with Crippen molar-refractivity contribution in [2.24, 2.45) is 0 Å². The zero-order valence-corrected chi connectivity index (χ0v) is 8.45. The van der Waals surface area contributed by atoms with Gasteiger partial charge in [0.2, 0.25) is 0 Å². The molecule has 0 aromatic heterocycles. The van der Waals surface area contributed by atoms with Crippen LogP contribution in [0, 0.1) is 18.3 Å². The molecule has 0 aliphatic heterocycles. The number of benzene rings is 1. The zero-order chi connectivity index (χ0) is 10.4. The van der Waals surface area contributed by atoms with E-state index in [-0.39, 0.29) is 0 Å². The molecule has 0 radical (unpaired) electrons. The van der Waals surface area contributed by atoms with Gasteiger partial charge in [-0.25, -0.2) is 0 Å². The Hall–Kier alpha value is -1.75. The minimum Gasteiger partial charge on any atom is -0.496 e. The molecule has 0 heterocycles. The van der Waals surface area contributed by atoms with Gasteiger partial charge in [0.1, 0.15) is 5.75 Å². The number of aryl methyl sites for hydroxylation is 1. The third kappa shape index (κ3) is 2.63. The molecule has 0 aliphatic carbocycles. The molecule has 2 nitrogen and oxygen atoms in total. The molecule has 0 saturated heterocycles. The van der Waals surface area contributed by atoms with Crippen molar-refractivity contribution in [3.05, 3.63) is 35.4 Å². The average molecular weight is 187 g/mol. The van der Waals surface area contributed by atoms with Crippen LogP contribution in [0.25, 0.3) is 6.08 Å². The summed E-state index contributed by atoms with van der Waals surface area (Å²) in [6.45, 7) is 2.02. The summed E-state index contributed by atoms with van der Waals surface area (Å²) in [5.41, 5.74) is 2.17. The summed E-state index contributed by atoms with van der Waals surface area (Å²) < 4.78 is 5.22. The van der Waals surface area contributed by atoms with E-state index in [2.05, 4.69) is 6.07 Å². The SMILES string of the molecule is COc1cc(C)ccc1C=CCC#N. The summed E-state index contributed by atoms with van der Waals surface area (Å²) in [5, 5.41) is 8.38. The van der Waals surface area contributed by atoms with Gasteiger partial charge in [-0.3, -0.25) is 0 Å². The van der Waals surface area contributed by atoms with Crippen molar-refractivity contribution < 1.29 is 4.74 Å². The first kappa shape index (κ1) is 10.3. The summed E-state index contributed by atoms with van der Waals surface area (Å²) in [6.07, 6.45) is 4.16. The Bertz CT molecular complexity index is 374. The molecule has 0 saturated carbocycles. The van der Waals surface area contributed by atoms with Crippen LogP contribution >= 0.6 is 0 Å². The maximum absolute atomic E-state index is 8.38. The van der Waals surface area contributed by atoms with Gasteiger partial charge in [0.05, 0.1) is 19.6 Å². The minimum atomic E-state index is 0.428. The minimum absolute atomic E-state index is 0.428. The molecule has 1 rings (SSSR count). The molecule has 0 amide bonds. The van der Waals surface area contributed by atoms with Crippen molar-refractivity contribution in [2.45, 2.75) is 13.3 Å². The normalized spacial score (nSPS) is 10.1. The quantitative estimate of drug-likeness (QED) is 0.728. The van der Waals surface area contributed by atoms with Crippen LogP contribution in [0.4, 0.5) is 0 Å². The number of methoxy groups -OCH3 is 1. The van der Waals surface area contributed by atoms with Crippen LogP contribution in [0.1, 0.15) is 17.5 Å². The highest BCUT2D eigenvalue weighted by Gasteiger charge is 1.98. The summed E-state index contributed by atoms with van der Waals surface area (Å²) in [4.78, 5) is 0. The second-order valence-corrected chi connectivity index (χ2v) is 3.01. The first-order valence-electron chi connectivity index (χ1n) is 4.46. The zero-order valence-electron chi connectivity index (χ0n) is 8.45. The van der Waals surface area contributed by atoms with Crippen molar-refractivity contribution in [1.82, 2.24) is 0 Å². The van der Waals surface area contributed by atoms with Gasteiger partial charge in [-0.1, -0.05) is 24.3 Å². The van der Waals surface area contributed by atoms with Gasteiger partial charge >= 0.3 is 0 Å². The van der Waals surface area contributed by atoms with E-state index < -0.39 is 0 Å². The predicted octanol–water partition coefficient (Wildman–Crippen LogP) is 2.93. The van der Waals surface area contributed by atoms with Crippen molar-refractivity contribution in [2.75, 3.05) is 7.11 Å². The highest BCUT2D eigenvalue weighted by atomic mass is 16.5. The molecule has 0 spiro atoms. The van der Waals surface area contributed by atoms with Crippen LogP contribution in [-0.4, -0.2) is 7.11 Å². The number of rotatable bonds is 3. The summed E-state index contributed by atoms with van der Waals surface area (Å²) in [5.74, 6) is 0.846. The van der Waals surface area contributed by atoms with Gasteiger partial charge in [-0.15, -0.1) is 0 Å². The average Bonchev–Trinajstić information content (AvgIpc) is 2.20. The number of nitriles is 1. The second-order valence-electron chi connectivity index (χ2n) is 3.01. The Labute approximate surface area is 84.4 Å². The second kappa shape index (κ2) is 5.08. The lowest BCUT2D eigenvalue weighted by Gasteiger charge is -2.05. The molecule has 0 atom stereocenters. The van der Waals surface area contributed by atoms with Gasteiger partial charge in [-0.05, 0) is 18.6 Å². The molecule has 1 aromatic rings. The molecule has 72 valence electrons. The van der Waals surface area contributed by atoms with E-state index in [1.807, 2.05) is 37.3 Å². The number of hydrogen-bond acceptors (Lipinski definition) is 2. The molecular weight excluding hydrogens is 174 g/mol. The van der Waals surface area contributed by atoms with Crippen molar-refractivity contribution in [3.63, 3.8) is 0 Å². The largest absolute Gasteiger partial charge is 0.496 e. The van der Waals surface area contributed by atoms with Crippen LogP contribution in [0.2, 0.25) is 0 Å². The van der Waals surface area contributed by atoms with Gasteiger partial charge in [0.15, 0.2) is 0 Å². The van der Waals surface area contributed by atoms with Gasteiger partial charge in [0, 0.05) is 5.56 Å². The molecule has 0 N–H and O–H groups in total. The third-order valence-corrected chi connectivity index (χ3v) is 1.90. The molecule has 2 heteroatoms. The summed E-state index contributed by atoms with van der Waals surface area (Å²) >= 11 is 0. The van der Waals surface area contributed by atoms with E-state index in [0.717, 1.165) is 11.3 Å². The van der Waals surface area contributed by atoms with E-state index in [0.29, 0.717) is 6.42 Å². The van der Waals surface area contributed by atoms with Crippen LogP contribution in [0.5, 0.6) is 5.75 Å². The molecule has 0 bridgehead atoms. The molecular formula is C12H13NO. The molecule has 14 heavy (non-hydrogen) atoms. The van der Waals surface area contributed by atoms with Gasteiger partial charge in [-0.2, -0.15) is 5.26 Å². The highest BCUT2D eigenvalue weighted by Crippen LogP contribution is 2.21. The number of nitrogens with zero attached hydrogens (tertiary/aromatic N) is 1. The Morgan fingerprint density at radius 3 is 2.93 bits per heavy atom. The Balaban J connectivity index is 2.92. The Morgan fingerprint density at radius 2 is 2.29 bits per heavy atom. The number of hydrogen-bond donors (Lipinski definition) is 0. The lowest BCUT2D eigenvalue weighted by atomic mass is 10.1. The summed E-state index contributed by atoms with van der Waals surface area (Å²) in [7, 11) is 1.65. The van der Waals surface area contributed by atoms with E-state index in [4.69, 9.17) is 10.00 Å². The fraction of sp³-hybridized carbons (Fsp3) is 0.250. The predicted molar refractivity (Wildman–Crippen MR) is 57.0 cm³/mol. The molecule has 0 fully saturated rings. The molecule has 0 unspecified atom stereocenters. The van der Waals surface area contributed by atoms with E-state index in [9.17, 15) is 0 Å². The van der Waals surface area contributed by atoms with Gasteiger partial charge < -0.3 is 4.74 Å². The van der Waals surface area contributed by atoms with E-state index in [1.54, 1.807) is 7.11 Å². The van der Waals surface area contributed by atoms with Crippen molar-refractivity contribution in [1.29, 1.82) is 5.26 Å². The third-order valence-electron chi connectivity index (χ3n) is 1.90. The van der Waals surface area contributed by atoms with Gasteiger partial charge in [0.25, 0.3) is 0 Å². The number of ether oxygens (including phenoxy) is 1. The lowest BCUT2D eigenvalue weighted by molar-refractivity contribution is 0.413. The maximum Gasteiger partial charge on any atom is 0.126 e.